The van der Waals surface area contributed by atoms with Crippen LogP contribution in [0.25, 0.3) is 0 Å². The van der Waals surface area contributed by atoms with Crippen LogP contribution in [0, 0.1) is 0 Å². The van der Waals surface area contributed by atoms with Crippen molar-refractivity contribution in [2.24, 2.45) is 0 Å². The summed E-state index contributed by atoms with van der Waals surface area (Å²) in [4.78, 5) is 28.5. The highest BCUT2D eigenvalue weighted by Crippen LogP contribution is 2.14. The van der Waals surface area contributed by atoms with E-state index in [1.807, 2.05) is 28.0 Å². The van der Waals surface area contributed by atoms with Gasteiger partial charge in [0.2, 0.25) is 11.8 Å². The lowest BCUT2D eigenvalue weighted by Gasteiger charge is -2.36. The van der Waals surface area contributed by atoms with Crippen LogP contribution in [0.4, 0.5) is 0 Å². The predicted molar refractivity (Wildman–Crippen MR) is 96.6 cm³/mol. The Bertz CT molecular complexity index is 583. The standard InChI is InChI=1S/C17H22ClN3O2.ClH/c18-14-4-1-3-13(11-14)12-16(22)20-7-9-21(10-8-20)17(23)15-5-2-6-19-15;/h1,3-4,11,15,19H,2,5-10,12H2;1H. The molecule has 0 bridgehead atoms. The highest BCUT2D eigenvalue weighted by molar-refractivity contribution is 6.30. The molecular formula is C17H23Cl2N3O2. The minimum Gasteiger partial charge on any atom is -0.339 e. The molecule has 24 heavy (non-hydrogen) atoms. The number of hydrogen-bond donors (Lipinski definition) is 1. The van der Waals surface area contributed by atoms with Crippen molar-refractivity contribution in [3.05, 3.63) is 34.9 Å². The molecule has 0 radical (unpaired) electrons. The number of carbonyl (C=O) groups is 2. The van der Waals surface area contributed by atoms with Crippen LogP contribution in [-0.2, 0) is 16.0 Å². The third kappa shape index (κ3) is 4.62. The van der Waals surface area contributed by atoms with E-state index in [0.717, 1.165) is 24.9 Å². The molecule has 7 heteroatoms. The second-order valence-corrected chi connectivity index (χ2v) is 6.60. The smallest absolute Gasteiger partial charge is 0.239 e. The summed E-state index contributed by atoms with van der Waals surface area (Å²) in [6.07, 6.45) is 2.35. The lowest BCUT2D eigenvalue weighted by Crippen LogP contribution is -2.54. The zero-order valence-electron chi connectivity index (χ0n) is 13.5. The molecule has 1 unspecified atom stereocenters. The summed E-state index contributed by atoms with van der Waals surface area (Å²) in [5.41, 5.74) is 0.927. The van der Waals surface area contributed by atoms with Crippen molar-refractivity contribution in [2.75, 3.05) is 32.7 Å². The van der Waals surface area contributed by atoms with Gasteiger partial charge in [-0.1, -0.05) is 23.7 Å². The van der Waals surface area contributed by atoms with Crippen molar-refractivity contribution in [3.8, 4) is 0 Å². The zero-order valence-corrected chi connectivity index (χ0v) is 15.1. The van der Waals surface area contributed by atoms with Crippen molar-refractivity contribution >= 4 is 35.8 Å². The van der Waals surface area contributed by atoms with E-state index in [-0.39, 0.29) is 30.3 Å². The van der Waals surface area contributed by atoms with Gasteiger partial charge in [0.05, 0.1) is 12.5 Å². The van der Waals surface area contributed by atoms with Crippen LogP contribution in [0.1, 0.15) is 18.4 Å². The Kier molecular flexibility index (Phi) is 6.90. The first-order valence-electron chi connectivity index (χ1n) is 8.18. The molecule has 2 fully saturated rings. The third-order valence-electron chi connectivity index (χ3n) is 4.55. The topological polar surface area (TPSA) is 52.7 Å². The quantitative estimate of drug-likeness (QED) is 0.879. The summed E-state index contributed by atoms with van der Waals surface area (Å²) < 4.78 is 0. The predicted octanol–water partition coefficient (Wildman–Crippen LogP) is 1.73. The van der Waals surface area contributed by atoms with Crippen LogP contribution in [0.3, 0.4) is 0 Å². The van der Waals surface area contributed by atoms with Crippen LogP contribution in [0.5, 0.6) is 0 Å². The fourth-order valence-corrected chi connectivity index (χ4v) is 3.44. The summed E-state index contributed by atoms with van der Waals surface area (Å²) in [6, 6.07) is 7.37. The van der Waals surface area contributed by atoms with E-state index in [2.05, 4.69) is 5.32 Å². The van der Waals surface area contributed by atoms with Crippen molar-refractivity contribution < 1.29 is 9.59 Å². The summed E-state index contributed by atoms with van der Waals surface area (Å²) >= 11 is 5.96. The van der Waals surface area contributed by atoms with E-state index in [4.69, 9.17) is 11.6 Å². The van der Waals surface area contributed by atoms with Gasteiger partial charge in [-0.15, -0.1) is 12.4 Å². The monoisotopic (exact) mass is 371 g/mol. The number of carbonyl (C=O) groups excluding carboxylic acids is 2. The number of nitrogens with zero attached hydrogens (tertiary/aromatic N) is 2. The van der Waals surface area contributed by atoms with Crippen LogP contribution in [0.15, 0.2) is 24.3 Å². The largest absolute Gasteiger partial charge is 0.339 e. The van der Waals surface area contributed by atoms with Gasteiger partial charge >= 0.3 is 0 Å². The molecule has 5 nitrogen and oxygen atoms in total. The Balaban J connectivity index is 0.00000208. The number of piperazine rings is 1. The minimum absolute atomic E-state index is 0. The molecule has 2 aliphatic heterocycles. The number of benzene rings is 1. The third-order valence-corrected chi connectivity index (χ3v) is 4.78. The van der Waals surface area contributed by atoms with Crippen molar-refractivity contribution in [2.45, 2.75) is 25.3 Å². The van der Waals surface area contributed by atoms with E-state index in [9.17, 15) is 9.59 Å². The van der Waals surface area contributed by atoms with Gasteiger partial charge in [-0.25, -0.2) is 0 Å². The van der Waals surface area contributed by atoms with Gasteiger partial charge in [0, 0.05) is 31.2 Å². The van der Waals surface area contributed by atoms with Crippen molar-refractivity contribution in [1.29, 1.82) is 0 Å². The second kappa shape index (κ2) is 8.70. The maximum absolute atomic E-state index is 12.4. The van der Waals surface area contributed by atoms with Crippen molar-refractivity contribution in [1.82, 2.24) is 15.1 Å². The van der Waals surface area contributed by atoms with Crippen LogP contribution < -0.4 is 5.32 Å². The molecule has 0 aliphatic carbocycles. The maximum atomic E-state index is 12.4. The summed E-state index contributed by atoms with van der Waals surface area (Å²) in [5.74, 6) is 0.280. The number of hydrogen-bond acceptors (Lipinski definition) is 3. The number of nitrogens with one attached hydrogen (secondary N) is 1. The molecule has 132 valence electrons. The molecule has 0 aromatic heterocycles. The van der Waals surface area contributed by atoms with Crippen LogP contribution in [-0.4, -0.2) is 60.4 Å². The summed E-state index contributed by atoms with van der Waals surface area (Å²) in [6.45, 7) is 3.39. The SMILES string of the molecule is Cl.O=C(Cc1cccc(Cl)c1)N1CCN(C(=O)C2CCCN2)CC1. The summed E-state index contributed by atoms with van der Waals surface area (Å²) in [5, 5.41) is 3.89. The maximum Gasteiger partial charge on any atom is 0.239 e. The van der Waals surface area contributed by atoms with Gasteiger partial charge in [0.15, 0.2) is 0 Å². The van der Waals surface area contributed by atoms with E-state index >= 15 is 0 Å². The Labute approximate surface area is 153 Å². The molecule has 0 saturated carbocycles. The number of rotatable bonds is 3. The van der Waals surface area contributed by atoms with E-state index in [0.29, 0.717) is 37.6 Å². The molecule has 2 amide bonds. The minimum atomic E-state index is -0.0243. The Morgan fingerprint density at radius 2 is 1.88 bits per heavy atom. The molecule has 2 aliphatic rings. The fourth-order valence-electron chi connectivity index (χ4n) is 3.23. The van der Waals surface area contributed by atoms with Gasteiger partial charge in [-0.05, 0) is 37.1 Å². The molecule has 1 aromatic carbocycles. The number of halogens is 2. The Hall–Kier alpha value is -1.30. The molecule has 2 heterocycles. The molecule has 3 rings (SSSR count). The first-order chi connectivity index (χ1) is 11.1. The molecular weight excluding hydrogens is 349 g/mol. The van der Waals surface area contributed by atoms with Gasteiger partial charge < -0.3 is 15.1 Å². The van der Waals surface area contributed by atoms with Gasteiger partial charge in [0.1, 0.15) is 0 Å². The molecule has 1 N–H and O–H groups in total. The molecule has 0 spiro atoms. The highest BCUT2D eigenvalue weighted by Gasteiger charge is 2.30. The Morgan fingerprint density at radius 1 is 1.17 bits per heavy atom. The number of amides is 2. The molecule has 1 atom stereocenters. The lowest BCUT2D eigenvalue weighted by molar-refractivity contribution is -0.140. The lowest BCUT2D eigenvalue weighted by atomic mass is 10.1. The van der Waals surface area contributed by atoms with E-state index < -0.39 is 0 Å². The summed E-state index contributed by atoms with van der Waals surface area (Å²) in [7, 11) is 0. The van der Waals surface area contributed by atoms with Gasteiger partial charge in [-0.2, -0.15) is 0 Å². The fraction of sp³-hybridized carbons (Fsp3) is 0.529. The van der Waals surface area contributed by atoms with Gasteiger partial charge in [-0.3, -0.25) is 9.59 Å². The molecule has 1 aromatic rings. The normalized spacial score (nSPS) is 20.6. The first kappa shape index (κ1) is 19.0. The van der Waals surface area contributed by atoms with E-state index in [1.54, 1.807) is 6.07 Å². The Morgan fingerprint density at radius 3 is 2.50 bits per heavy atom. The van der Waals surface area contributed by atoms with Crippen LogP contribution >= 0.6 is 24.0 Å². The first-order valence-corrected chi connectivity index (χ1v) is 8.55. The average molecular weight is 372 g/mol. The second-order valence-electron chi connectivity index (χ2n) is 6.16. The van der Waals surface area contributed by atoms with E-state index in [1.165, 1.54) is 0 Å². The van der Waals surface area contributed by atoms with Crippen LogP contribution in [0.2, 0.25) is 5.02 Å². The van der Waals surface area contributed by atoms with Crippen molar-refractivity contribution in [3.63, 3.8) is 0 Å². The van der Waals surface area contributed by atoms with Gasteiger partial charge in [0.25, 0.3) is 0 Å². The average Bonchev–Trinajstić information content (AvgIpc) is 3.09. The molecule has 2 saturated heterocycles. The zero-order chi connectivity index (χ0) is 16.2. The highest BCUT2D eigenvalue weighted by atomic mass is 35.5.